The number of nitrogens with one attached hydrogen (secondary N) is 1. The Morgan fingerprint density at radius 2 is 2.17 bits per heavy atom. The van der Waals surface area contributed by atoms with Crippen LogP contribution in [0.3, 0.4) is 0 Å². The fourth-order valence-electron chi connectivity index (χ4n) is 2.23. The molecule has 2 N–H and O–H groups in total. The summed E-state index contributed by atoms with van der Waals surface area (Å²) in [5.41, 5.74) is 0.740. The largest absolute Gasteiger partial charge is 0.395 e. The molecule has 1 aliphatic rings. The van der Waals surface area contributed by atoms with E-state index in [9.17, 15) is 9.90 Å². The molecule has 1 fully saturated rings. The first-order valence-electron chi connectivity index (χ1n) is 6.09. The molecular formula is C13H17ClN2O2. The first-order valence-corrected chi connectivity index (χ1v) is 6.47. The fourth-order valence-corrected chi connectivity index (χ4v) is 2.35. The maximum Gasteiger partial charge on any atom is 0.238 e. The molecule has 0 saturated carbocycles. The quantitative estimate of drug-likeness (QED) is 0.875. The van der Waals surface area contributed by atoms with E-state index in [2.05, 4.69) is 5.32 Å². The van der Waals surface area contributed by atoms with Gasteiger partial charge in [0.1, 0.15) is 0 Å². The van der Waals surface area contributed by atoms with Crippen molar-refractivity contribution in [1.29, 1.82) is 0 Å². The molecular weight excluding hydrogens is 252 g/mol. The van der Waals surface area contributed by atoms with Crippen LogP contribution in [0.1, 0.15) is 12.8 Å². The minimum atomic E-state index is -0.0577. The number of benzene rings is 1. The van der Waals surface area contributed by atoms with Crippen LogP contribution in [0.2, 0.25) is 5.02 Å². The van der Waals surface area contributed by atoms with Crippen molar-refractivity contribution in [3.63, 3.8) is 0 Å². The highest BCUT2D eigenvalue weighted by atomic mass is 35.5. The Balaban J connectivity index is 1.86. The molecule has 1 aromatic carbocycles. The topological polar surface area (TPSA) is 52.6 Å². The number of halogens is 1. The summed E-state index contributed by atoms with van der Waals surface area (Å²) < 4.78 is 0. The fraction of sp³-hybridized carbons (Fsp3) is 0.462. The van der Waals surface area contributed by atoms with Crippen molar-refractivity contribution in [3.05, 3.63) is 29.3 Å². The molecule has 4 nitrogen and oxygen atoms in total. The molecule has 0 aromatic heterocycles. The van der Waals surface area contributed by atoms with E-state index in [1.807, 2.05) is 4.90 Å². The number of anilines is 1. The van der Waals surface area contributed by atoms with Gasteiger partial charge in [0.2, 0.25) is 5.91 Å². The summed E-state index contributed by atoms with van der Waals surface area (Å²) in [5, 5.41) is 12.6. The Kier molecular flexibility index (Phi) is 4.58. The summed E-state index contributed by atoms with van der Waals surface area (Å²) >= 11 is 5.77. The van der Waals surface area contributed by atoms with Crippen molar-refractivity contribution in [2.24, 2.45) is 0 Å². The van der Waals surface area contributed by atoms with Gasteiger partial charge < -0.3 is 10.4 Å². The number of hydrogen-bond donors (Lipinski definition) is 2. The monoisotopic (exact) mass is 268 g/mol. The average Bonchev–Trinajstić information content (AvgIpc) is 2.79. The average molecular weight is 269 g/mol. The van der Waals surface area contributed by atoms with Gasteiger partial charge in [-0.2, -0.15) is 0 Å². The highest BCUT2D eigenvalue weighted by Crippen LogP contribution is 2.17. The van der Waals surface area contributed by atoms with Gasteiger partial charge in [-0.25, -0.2) is 0 Å². The van der Waals surface area contributed by atoms with Gasteiger partial charge in [-0.15, -0.1) is 0 Å². The van der Waals surface area contributed by atoms with Gasteiger partial charge >= 0.3 is 0 Å². The summed E-state index contributed by atoms with van der Waals surface area (Å²) in [5.74, 6) is -0.0577. The van der Waals surface area contributed by atoms with Crippen LogP contribution in [0, 0.1) is 0 Å². The number of rotatable bonds is 4. The third-order valence-electron chi connectivity index (χ3n) is 3.18. The molecule has 1 saturated heterocycles. The number of hydrogen-bond acceptors (Lipinski definition) is 3. The molecule has 0 radical (unpaired) electrons. The lowest BCUT2D eigenvalue weighted by atomic mass is 10.2. The standard InChI is InChI=1S/C13H17ClN2O2/c14-10-3-5-11(6-4-10)15-13(18)8-16-7-1-2-12(16)9-17/h3-6,12,17H,1-2,7-9H2,(H,15,18)/t12-/m0/s1. The van der Waals surface area contributed by atoms with Gasteiger partial charge in [0, 0.05) is 16.8 Å². The molecule has 1 aromatic rings. The Bertz CT molecular complexity index is 408. The summed E-state index contributed by atoms with van der Waals surface area (Å²) in [6, 6.07) is 7.15. The van der Waals surface area contributed by atoms with Gasteiger partial charge in [0.05, 0.1) is 13.2 Å². The van der Waals surface area contributed by atoms with E-state index in [4.69, 9.17) is 11.6 Å². The van der Waals surface area contributed by atoms with Crippen molar-refractivity contribution in [2.45, 2.75) is 18.9 Å². The van der Waals surface area contributed by atoms with E-state index >= 15 is 0 Å². The number of likely N-dealkylation sites (tertiary alicyclic amines) is 1. The molecule has 18 heavy (non-hydrogen) atoms. The highest BCUT2D eigenvalue weighted by molar-refractivity contribution is 6.30. The molecule has 0 unspecified atom stereocenters. The highest BCUT2D eigenvalue weighted by Gasteiger charge is 2.25. The van der Waals surface area contributed by atoms with Crippen LogP contribution in [-0.2, 0) is 4.79 Å². The second kappa shape index (κ2) is 6.18. The van der Waals surface area contributed by atoms with Crippen LogP contribution in [0.15, 0.2) is 24.3 Å². The molecule has 1 amide bonds. The summed E-state index contributed by atoms with van der Waals surface area (Å²) in [7, 11) is 0. The smallest absolute Gasteiger partial charge is 0.238 e. The van der Waals surface area contributed by atoms with Crippen LogP contribution in [-0.4, -0.2) is 41.7 Å². The van der Waals surface area contributed by atoms with Crippen LogP contribution in [0.25, 0.3) is 0 Å². The third-order valence-corrected chi connectivity index (χ3v) is 3.44. The number of amides is 1. The van der Waals surface area contributed by atoms with Crippen molar-refractivity contribution in [2.75, 3.05) is 25.0 Å². The predicted molar refractivity (Wildman–Crippen MR) is 71.8 cm³/mol. The zero-order valence-electron chi connectivity index (χ0n) is 10.1. The summed E-state index contributed by atoms with van der Waals surface area (Å²) in [6.07, 6.45) is 2.00. The number of aliphatic hydroxyl groups is 1. The second-order valence-electron chi connectivity index (χ2n) is 4.50. The first-order chi connectivity index (χ1) is 8.69. The number of aliphatic hydroxyl groups excluding tert-OH is 1. The molecule has 98 valence electrons. The van der Waals surface area contributed by atoms with Gasteiger partial charge in [-0.1, -0.05) is 11.6 Å². The van der Waals surface area contributed by atoms with Crippen LogP contribution < -0.4 is 5.32 Å². The van der Waals surface area contributed by atoms with E-state index in [0.29, 0.717) is 11.6 Å². The lowest BCUT2D eigenvalue weighted by molar-refractivity contribution is -0.117. The van der Waals surface area contributed by atoms with E-state index in [0.717, 1.165) is 25.1 Å². The maximum atomic E-state index is 11.8. The van der Waals surface area contributed by atoms with E-state index in [1.54, 1.807) is 24.3 Å². The van der Waals surface area contributed by atoms with Crippen molar-refractivity contribution >= 4 is 23.2 Å². The van der Waals surface area contributed by atoms with E-state index < -0.39 is 0 Å². The molecule has 0 spiro atoms. The number of carbonyl (C=O) groups is 1. The van der Waals surface area contributed by atoms with Gasteiger partial charge in [0.15, 0.2) is 0 Å². The Hall–Kier alpha value is -1.10. The zero-order valence-corrected chi connectivity index (χ0v) is 10.9. The molecule has 2 rings (SSSR count). The molecule has 0 bridgehead atoms. The normalized spacial score (nSPS) is 20.0. The molecule has 1 aliphatic heterocycles. The van der Waals surface area contributed by atoms with Crippen molar-refractivity contribution < 1.29 is 9.90 Å². The molecule has 1 heterocycles. The van der Waals surface area contributed by atoms with Crippen LogP contribution in [0.5, 0.6) is 0 Å². The lowest BCUT2D eigenvalue weighted by Gasteiger charge is -2.21. The zero-order chi connectivity index (χ0) is 13.0. The second-order valence-corrected chi connectivity index (χ2v) is 4.94. The predicted octanol–water partition coefficient (Wildman–Crippen LogP) is 1.74. The van der Waals surface area contributed by atoms with Crippen LogP contribution >= 0.6 is 11.6 Å². The van der Waals surface area contributed by atoms with Gasteiger partial charge in [-0.3, -0.25) is 9.69 Å². The number of nitrogens with zero attached hydrogens (tertiary/aromatic N) is 1. The molecule has 1 atom stereocenters. The maximum absolute atomic E-state index is 11.8. The van der Waals surface area contributed by atoms with E-state index in [-0.39, 0.29) is 18.6 Å². The minimum Gasteiger partial charge on any atom is -0.395 e. The summed E-state index contributed by atoms with van der Waals surface area (Å²) in [6.45, 7) is 1.32. The first kappa shape index (κ1) is 13.3. The Morgan fingerprint density at radius 1 is 1.44 bits per heavy atom. The van der Waals surface area contributed by atoms with E-state index in [1.165, 1.54) is 0 Å². The van der Waals surface area contributed by atoms with Gasteiger partial charge in [-0.05, 0) is 43.7 Å². The summed E-state index contributed by atoms with van der Waals surface area (Å²) in [4.78, 5) is 13.9. The van der Waals surface area contributed by atoms with Gasteiger partial charge in [0.25, 0.3) is 0 Å². The molecule has 0 aliphatic carbocycles. The lowest BCUT2D eigenvalue weighted by Crippen LogP contribution is -2.38. The SMILES string of the molecule is O=C(CN1CCC[C@H]1CO)Nc1ccc(Cl)cc1. The Morgan fingerprint density at radius 3 is 2.83 bits per heavy atom. The Labute approximate surface area is 112 Å². The minimum absolute atomic E-state index is 0.0577. The third kappa shape index (κ3) is 3.45. The number of carbonyl (C=O) groups excluding carboxylic acids is 1. The molecule has 5 heteroatoms. The van der Waals surface area contributed by atoms with Crippen molar-refractivity contribution in [1.82, 2.24) is 4.90 Å². The van der Waals surface area contributed by atoms with Crippen molar-refractivity contribution in [3.8, 4) is 0 Å². The van der Waals surface area contributed by atoms with Crippen LogP contribution in [0.4, 0.5) is 5.69 Å².